The maximum absolute atomic E-state index is 12.7. The van der Waals surface area contributed by atoms with Crippen molar-refractivity contribution in [3.05, 3.63) is 50.6 Å². The van der Waals surface area contributed by atoms with Crippen LogP contribution >= 0.6 is 15.6 Å². The summed E-state index contributed by atoms with van der Waals surface area (Å²) in [5, 5.41) is 0. The Morgan fingerprint density at radius 3 is 1.00 bits per heavy atom. The standard InChI is InChI=1S/C16H28O7P2/c1-5-9-13-19-24(17,20-14-10-6-2)23-25(18,21-15-11-7-3)22-16-12-8-4/h5-8H,1-4,9-16H2. The van der Waals surface area contributed by atoms with Crippen LogP contribution in [0, 0.1) is 0 Å². The molecule has 0 aromatic rings. The molecule has 7 nitrogen and oxygen atoms in total. The van der Waals surface area contributed by atoms with Crippen molar-refractivity contribution < 1.29 is 31.5 Å². The molecule has 9 heteroatoms. The van der Waals surface area contributed by atoms with Crippen LogP contribution in [0.2, 0.25) is 0 Å². The number of hydrogen-bond donors (Lipinski definition) is 0. The summed E-state index contributed by atoms with van der Waals surface area (Å²) < 4.78 is 51.2. The topological polar surface area (TPSA) is 80.3 Å². The molecule has 0 heterocycles. The van der Waals surface area contributed by atoms with Crippen molar-refractivity contribution in [1.29, 1.82) is 0 Å². The van der Waals surface area contributed by atoms with E-state index in [-0.39, 0.29) is 26.4 Å². The molecular formula is C16H28O7P2. The van der Waals surface area contributed by atoms with Crippen molar-refractivity contribution in [2.75, 3.05) is 26.4 Å². The lowest BCUT2D eigenvalue weighted by atomic mass is 10.5. The number of rotatable bonds is 18. The van der Waals surface area contributed by atoms with E-state index < -0.39 is 15.6 Å². The summed E-state index contributed by atoms with van der Waals surface area (Å²) in [7, 11) is -8.32. The van der Waals surface area contributed by atoms with Gasteiger partial charge >= 0.3 is 15.6 Å². The van der Waals surface area contributed by atoms with E-state index >= 15 is 0 Å². The first-order valence-electron chi connectivity index (χ1n) is 7.88. The molecule has 0 aliphatic heterocycles. The van der Waals surface area contributed by atoms with Gasteiger partial charge in [-0.3, -0.25) is 18.1 Å². The summed E-state index contributed by atoms with van der Waals surface area (Å²) in [6, 6.07) is 0. The summed E-state index contributed by atoms with van der Waals surface area (Å²) >= 11 is 0. The van der Waals surface area contributed by atoms with Crippen molar-refractivity contribution in [2.24, 2.45) is 0 Å². The van der Waals surface area contributed by atoms with E-state index in [0.29, 0.717) is 25.7 Å². The maximum Gasteiger partial charge on any atom is 0.483 e. The molecule has 0 radical (unpaired) electrons. The Hall–Kier alpha value is -0.780. The van der Waals surface area contributed by atoms with Crippen LogP contribution in [0.3, 0.4) is 0 Å². The first-order valence-corrected chi connectivity index (χ1v) is 10.8. The quantitative estimate of drug-likeness (QED) is 0.170. The van der Waals surface area contributed by atoms with Gasteiger partial charge < -0.3 is 0 Å². The van der Waals surface area contributed by atoms with Crippen LogP contribution in [-0.4, -0.2) is 26.4 Å². The Kier molecular flexibility index (Phi) is 13.9. The van der Waals surface area contributed by atoms with Crippen LogP contribution < -0.4 is 0 Å². The third-order valence-electron chi connectivity index (χ3n) is 2.49. The van der Waals surface area contributed by atoms with Gasteiger partial charge in [0, 0.05) is 0 Å². The fraction of sp³-hybridized carbons (Fsp3) is 0.500. The largest absolute Gasteiger partial charge is 0.483 e. The maximum atomic E-state index is 12.7. The molecule has 0 rings (SSSR count). The van der Waals surface area contributed by atoms with Crippen molar-refractivity contribution in [3.63, 3.8) is 0 Å². The molecule has 0 bridgehead atoms. The van der Waals surface area contributed by atoms with Crippen LogP contribution in [0.5, 0.6) is 0 Å². The molecule has 144 valence electrons. The number of hydrogen-bond acceptors (Lipinski definition) is 7. The average molecular weight is 394 g/mol. The van der Waals surface area contributed by atoms with Crippen LogP contribution in [0.1, 0.15) is 25.7 Å². The molecule has 0 saturated carbocycles. The zero-order valence-corrected chi connectivity index (χ0v) is 16.3. The molecule has 0 amide bonds. The highest BCUT2D eigenvalue weighted by Gasteiger charge is 2.40. The van der Waals surface area contributed by atoms with Gasteiger partial charge in [0.25, 0.3) is 0 Å². The van der Waals surface area contributed by atoms with Gasteiger partial charge in [-0.05, 0) is 25.7 Å². The Morgan fingerprint density at radius 1 is 0.560 bits per heavy atom. The Bertz CT molecular complexity index is 425. The molecule has 0 saturated heterocycles. The van der Waals surface area contributed by atoms with Crippen molar-refractivity contribution in [1.82, 2.24) is 0 Å². The van der Waals surface area contributed by atoms with Gasteiger partial charge in [-0.2, -0.15) is 4.31 Å². The van der Waals surface area contributed by atoms with Crippen LogP contribution in [0.15, 0.2) is 50.6 Å². The molecule has 0 aliphatic carbocycles. The zero-order valence-electron chi connectivity index (χ0n) is 14.5. The first-order chi connectivity index (χ1) is 11.9. The molecule has 0 N–H and O–H groups in total. The lowest BCUT2D eigenvalue weighted by Gasteiger charge is -2.22. The average Bonchev–Trinajstić information content (AvgIpc) is 2.56. The summed E-state index contributed by atoms with van der Waals surface area (Å²) in [6.07, 6.45) is 7.97. The first kappa shape index (κ1) is 24.2. The second-order valence-corrected chi connectivity index (χ2v) is 8.09. The van der Waals surface area contributed by atoms with Crippen molar-refractivity contribution >= 4 is 15.6 Å². The monoisotopic (exact) mass is 394 g/mol. The second kappa shape index (κ2) is 14.4. The highest BCUT2D eigenvalue weighted by atomic mass is 31.3. The smallest absolute Gasteiger partial charge is 0.286 e. The minimum absolute atomic E-state index is 0.0220. The van der Waals surface area contributed by atoms with E-state index in [0.717, 1.165) is 0 Å². The molecular weight excluding hydrogens is 366 g/mol. The van der Waals surface area contributed by atoms with E-state index in [1.165, 1.54) is 0 Å². The van der Waals surface area contributed by atoms with Gasteiger partial charge in [-0.15, -0.1) is 26.3 Å². The van der Waals surface area contributed by atoms with E-state index in [2.05, 4.69) is 26.3 Å². The predicted octanol–water partition coefficient (Wildman–Crippen LogP) is 5.59. The van der Waals surface area contributed by atoms with Gasteiger partial charge in [-0.25, -0.2) is 9.13 Å². The lowest BCUT2D eigenvalue weighted by Crippen LogP contribution is -2.06. The van der Waals surface area contributed by atoms with Crippen LogP contribution in [-0.2, 0) is 31.5 Å². The Labute approximate surface area is 150 Å². The van der Waals surface area contributed by atoms with Gasteiger partial charge in [0.15, 0.2) is 0 Å². The highest BCUT2D eigenvalue weighted by molar-refractivity contribution is 7.62. The predicted molar refractivity (Wildman–Crippen MR) is 99.4 cm³/mol. The molecule has 0 atom stereocenters. The summed E-state index contributed by atoms with van der Waals surface area (Å²) in [5.74, 6) is 0. The third kappa shape index (κ3) is 12.2. The van der Waals surface area contributed by atoms with Gasteiger partial charge in [0.1, 0.15) is 0 Å². The van der Waals surface area contributed by atoms with E-state index in [1.54, 1.807) is 24.3 Å². The molecule has 0 aromatic carbocycles. The Morgan fingerprint density at radius 2 is 0.800 bits per heavy atom. The molecule has 0 fully saturated rings. The lowest BCUT2D eigenvalue weighted by molar-refractivity contribution is 0.112. The zero-order chi connectivity index (χ0) is 19.0. The number of phosphoric acid groups is 2. The van der Waals surface area contributed by atoms with Crippen LogP contribution in [0.25, 0.3) is 0 Å². The second-order valence-electron chi connectivity index (χ2n) is 4.62. The third-order valence-corrected chi connectivity index (χ3v) is 6.08. The summed E-state index contributed by atoms with van der Waals surface area (Å²) in [6.45, 7) is 14.3. The minimum Gasteiger partial charge on any atom is -0.286 e. The van der Waals surface area contributed by atoms with E-state index in [4.69, 9.17) is 22.4 Å². The minimum atomic E-state index is -4.16. The normalized spacial score (nSPS) is 11.8. The summed E-state index contributed by atoms with van der Waals surface area (Å²) in [5.41, 5.74) is 0. The molecule has 0 unspecified atom stereocenters. The van der Waals surface area contributed by atoms with E-state index in [9.17, 15) is 9.13 Å². The number of phosphoric ester groups is 2. The molecule has 25 heavy (non-hydrogen) atoms. The van der Waals surface area contributed by atoms with Crippen molar-refractivity contribution in [3.8, 4) is 0 Å². The summed E-state index contributed by atoms with van der Waals surface area (Å²) in [4.78, 5) is 0. The molecule has 0 spiro atoms. The highest BCUT2D eigenvalue weighted by Crippen LogP contribution is 2.66. The van der Waals surface area contributed by atoms with Crippen LogP contribution in [0.4, 0.5) is 0 Å². The molecule has 0 aromatic heterocycles. The fourth-order valence-corrected chi connectivity index (χ4v) is 4.48. The molecule has 0 aliphatic rings. The fourth-order valence-electron chi connectivity index (χ4n) is 1.28. The van der Waals surface area contributed by atoms with Gasteiger partial charge in [0.05, 0.1) is 26.4 Å². The SMILES string of the molecule is C=CCCOP(=O)(OCCC=C)OP(=O)(OCCC=C)OCCC=C. The van der Waals surface area contributed by atoms with Gasteiger partial charge in [-0.1, -0.05) is 24.3 Å². The van der Waals surface area contributed by atoms with Crippen molar-refractivity contribution in [2.45, 2.75) is 25.7 Å². The van der Waals surface area contributed by atoms with E-state index in [1.807, 2.05) is 0 Å². The van der Waals surface area contributed by atoms with Gasteiger partial charge in [0.2, 0.25) is 0 Å². The Balaban J connectivity index is 5.08.